The van der Waals surface area contributed by atoms with E-state index in [1.165, 1.54) is 49.2 Å². The normalized spacial score (nSPS) is 18.1. The van der Waals surface area contributed by atoms with Gasteiger partial charge >= 0.3 is 0 Å². The van der Waals surface area contributed by atoms with Crippen molar-refractivity contribution in [2.45, 2.75) is 53.0 Å². The molecule has 0 aromatic carbocycles. The molecular formula is C15H26N2. The van der Waals surface area contributed by atoms with Crippen LogP contribution >= 0.6 is 0 Å². The van der Waals surface area contributed by atoms with Gasteiger partial charge in [0.05, 0.1) is 0 Å². The van der Waals surface area contributed by atoms with Crippen LogP contribution in [0.3, 0.4) is 0 Å². The molecule has 0 atom stereocenters. The minimum Gasteiger partial charge on any atom is -0.352 e. The minimum atomic E-state index is 0.623. The second-order valence-corrected chi connectivity index (χ2v) is 5.77. The molecule has 1 N–H and O–H groups in total. The van der Waals surface area contributed by atoms with E-state index in [0.717, 1.165) is 6.54 Å². The van der Waals surface area contributed by atoms with E-state index < -0.39 is 0 Å². The molecule has 17 heavy (non-hydrogen) atoms. The van der Waals surface area contributed by atoms with E-state index in [9.17, 15) is 0 Å². The maximum atomic E-state index is 3.66. The average molecular weight is 234 g/mol. The molecule has 1 aromatic heterocycles. The van der Waals surface area contributed by atoms with E-state index in [-0.39, 0.29) is 0 Å². The van der Waals surface area contributed by atoms with Crippen LogP contribution in [0.5, 0.6) is 0 Å². The fraction of sp³-hybridized carbons (Fsp3) is 0.733. The van der Waals surface area contributed by atoms with Crippen molar-refractivity contribution in [1.29, 1.82) is 0 Å². The molecule has 0 saturated heterocycles. The van der Waals surface area contributed by atoms with Gasteiger partial charge in [0.1, 0.15) is 0 Å². The van der Waals surface area contributed by atoms with E-state index in [0.29, 0.717) is 5.41 Å². The lowest BCUT2D eigenvalue weighted by Gasteiger charge is -2.41. The Kier molecular flexibility index (Phi) is 3.62. The quantitative estimate of drug-likeness (QED) is 0.827. The summed E-state index contributed by atoms with van der Waals surface area (Å²) < 4.78 is 2.27. The second kappa shape index (κ2) is 4.85. The summed E-state index contributed by atoms with van der Waals surface area (Å²) in [7, 11) is 2.15. The third-order valence-electron chi connectivity index (χ3n) is 4.86. The average Bonchev–Trinajstić information content (AvgIpc) is 2.50. The van der Waals surface area contributed by atoms with Crippen LogP contribution in [0, 0.1) is 19.3 Å². The zero-order valence-corrected chi connectivity index (χ0v) is 11.8. The van der Waals surface area contributed by atoms with Crippen molar-refractivity contribution in [3.05, 3.63) is 23.0 Å². The summed E-state index contributed by atoms with van der Waals surface area (Å²) >= 11 is 0. The standard InChI is InChI=1S/C15H26N2/c1-5-15(7-6-8-15)11-16-10-14-9-12(2)17(4)13(14)3/h9,16H,5-8,10-11H2,1-4H3. The number of nitrogens with zero attached hydrogens (tertiary/aromatic N) is 1. The summed E-state index contributed by atoms with van der Waals surface area (Å²) in [6, 6.07) is 2.31. The molecule has 1 aliphatic carbocycles. The van der Waals surface area contributed by atoms with Gasteiger partial charge in [-0.05, 0) is 50.2 Å². The van der Waals surface area contributed by atoms with Gasteiger partial charge in [0.15, 0.2) is 0 Å². The van der Waals surface area contributed by atoms with Crippen LogP contribution in [0.25, 0.3) is 0 Å². The lowest BCUT2D eigenvalue weighted by Crippen LogP contribution is -2.39. The molecule has 1 saturated carbocycles. The van der Waals surface area contributed by atoms with Crippen molar-refractivity contribution in [2.24, 2.45) is 12.5 Å². The van der Waals surface area contributed by atoms with Crippen LogP contribution in [0.1, 0.15) is 49.6 Å². The molecule has 0 spiro atoms. The first-order valence-corrected chi connectivity index (χ1v) is 6.90. The Hall–Kier alpha value is -0.760. The monoisotopic (exact) mass is 234 g/mol. The molecule has 96 valence electrons. The fourth-order valence-electron chi connectivity index (χ4n) is 2.91. The maximum Gasteiger partial charge on any atom is 0.0223 e. The summed E-state index contributed by atoms with van der Waals surface area (Å²) in [5.41, 5.74) is 4.83. The molecule has 1 fully saturated rings. The van der Waals surface area contributed by atoms with E-state index >= 15 is 0 Å². The van der Waals surface area contributed by atoms with Crippen LogP contribution in [-0.4, -0.2) is 11.1 Å². The van der Waals surface area contributed by atoms with Crippen molar-refractivity contribution < 1.29 is 0 Å². The predicted molar refractivity (Wildman–Crippen MR) is 73.2 cm³/mol. The molecule has 2 nitrogen and oxygen atoms in total. The molecule has 1 heterocycles. The zero-order valence-electron chi connectivity index (χ0n) is 11.8. The van der Waals surface area contributed by atoms with Crippen molar-refractivity contribution in [1.82, 2.24) is 9.88 Å². The summed E-state index contributed by atoms with van der Waals surface area (Å²) in [6.07, 6.45) is 5.60. The fourth-order valence-corrected chi connectivity index (χ4v) is 2.91. The van der Waals surface area contributed by atoms with Gasteiger partial charge in [-0.1, -0.05) is 13.3 Å². The largest absolute Gasteiger partial charge is 0.352 e. The van der Waals surface area contributed by atoms with Crippen LogP contribution in [-0.2, 0) is 13.6 Å². The molecule has 2 heteroatoms. The van der Waals surface area contributed by atoms with Gasteiger partial charge in [-0.3, -0.25) is 0 Å². The summed E-state index contributed by atoms with van der Waals surface area (Å²) in [5.74, 6) is 0. The zero-order chi connectivity index (χ0) is 12.5. The van der Waals surface area contributed by atoms with Crippen molar-refractivity contribution in [2.75, 3.05) is 6.54 Å². The van der Waals surface area contributed by atoms with Crippen LogP contribution in [0.2, 0.25) is 0 Å². The van der Waals surface area contributed by atoms with E-state index in [4.69, 9.17) is 0 Å². The maximum absolute atomic E-state index is 3.66. The molecule has 0 bridgehead atoms. The highest BCUT2D eigenvalue weighted by Gasteiger charge is 2.34. The number of rotatable bonds is 5. The van der Waals surface area contributed by atoms with Crippen LogP contribution in [0.4, 0.5) is 0 Å². The SMILES string of the molecule is CCC1(CNCc2cc(C)n(C)c2C)CCC1. The van der Waals surface area contributed by atoms with Gasteiger partial charge in [-0.25, -0.2) is 0 Å². The molecule has 0 radical (unpaired) electrons. The molecule has 0 unspecified atom stereocenters. The minimum absolute atomic E-state index is 0.623. The highest BCUT2D eigenvalue weighted by molar-refractivity contribution is 5.26. The molecular weight excluding hydrogens is 208 g/mol. The summed E-state index contributed by atoms with van der Waals surface area (Å²) in [4.78, 5) is 0. The predicted octanol–water partition coefficient (Wildman–Crippen LogP) is 3.31. The highest BCUT2D eigenvalue weighted by atomic mass is 15.0. The van der Waals surface area contributed by atoms with Gasteiger partial charge in [-0.2, -0.15) is 0 Å². The first-order chi connectivity index (χ1) is 8.08. The highest BCUT2D eigenvalue weighted by Crippen LogP contribution is 2.43. The summed E-state index contributed by atoms with van der Waals surface area (Å²) in [6.45, 7) is 8.93. The molecule has 2 rings (SSSR count). The lowest BCUT2D eigenvalue weighted by atomic mass is 9.67. The van der Waals surface area contributed by atoms with Gasteiger partial charge in [0, 0.05) is 31.5 Å². The Morgan fingerprint density at radius 1 is 1.35 bits per heavy atom. The van der Waals surface area contributed by atoms with E-state index in [1.54, 1.807) is 0 Å². The van der Waals surface area contributed by atoms with Gasteiger partial charge < -0.3 is 9.88 Å². The first-order valence-electron chi connectivity index (χ1n) is 6.90. The van der Waals surface area contributed by atoms with Gasteiger partial charge in [0.25, 0.3) is 0 Å². The lowest BCUT2D eigenvalue weighted by molar-refractivity contribution is 0.124. The third kappa shape index (κ3) is 2.42. The topological polar surface area (TPSA) is 17.0 Å². The molecule has 0 amide bonds. The van der Waals surface area contributed by atoms with Crippen LogP contribution < -0.4 is 5.32 Å². The Labute approximate surface area is 105 Å². The Balaban J connectivity index is 1.88. The Morgan fingerprint density at radius 2 is 2.06 bits per heavy atom. The Bertz CT molecular complexity index is 380. The van der Waals surface area contributed by atoms with Gasteiger partial charge in [0.2, 0.25) is 0 Å². The summed E-state index contributed by atoms with van der Waals surface area (Å²) in [5, 5.41) is 3.66. The van der Waals surface area contributed by atoms with E-state index in [1.807, 2.05) is 0 Å². The van der Waals surface area contributed by atoms with Crippen LogP contribution in [0.15, 0.2) is 6.07 Å². The second-order valence-electron chi connectivity index (χ2n) is 5.77. The van der Waals surface area contributed by atoms with E-state index in [2.05, 4.69) is 43.8 Å². The number of nitrogens with one attached hydrogen (secondary N) is 1. The van der Waals surface area contributed by atoms with Crippen molar-refractivity contribution in [3.63, 3.8) is 0 Å². The molecule has 1 aliphatic rings. The molecule has 1 aromatic rings. The first kappa shape index (κ1) is 12.7. The molecule has 0 aliphatic heterocycles. The number of hydrogen-bond donors (Lipinski definition) is 1. The van der Waals surface area contributed by atoms with Gasteiger partial charge in [-0.15, -0.1) is 0 Å². The smallest absolute Gasteiger partial charge is 0.0223 e. The van der Waals surface area contributed by atoms with Crippen molar-refractivity contribution in [3.8, 4) is 0 Å². The third-order valence-corrected chi connectivity index (χ3v) is 4.86. The number of hydrogen-bond acceptors (Lipinski definition) is 1. The number of aromatic nitrogens is 1. The Morgan fingerprint density at radius 3 is 2.47 bits per heavy atom. The number of aryl methyl sites for hydroxylation is 1. The van der Waals surface area contributed by atoms with Crippen molar-refractivity contribution >= 4 is 0 Å².